The van der Waals surface area contributed by atoms with Gasteiger partial charge in [0, 0.05) is 43.7 Å². The molecule has 0 fully saturated rings. The van der Waals surface area contributed by atoms with Crippen LogP contribution in [-0.2, 0) is 0 Å². The molecule has 0 aliphatic heterocycles. The second-order valence-electron chi connectivity index (χ2n) is 15.3. The van der Waals surface area contributed by atoms with Gasteiger partial charge in [0.15, 0.2) is 0 Å². The van der Waals surface area contributed by atoms with Crippen molar-refractivity contribution >= 4 is 97.9 Å². The number of fused-ring (bicyclic) bond motifs is 15. The first-order valence-electron chi connectivity index (χ1n) is 19.6. The quantitative estimate of drug-likeness (QED) is 0.166. The van der Waals surface area contributed by atoms with Crippen LogP contribution in [0.1, 0.15) is 0 Å². The molecule has 13 rings (SSSR count). The molecule has 0 N–H and O–H groups in total. The molecule has 0 aliphatic rings. The fraction of sp³-hybridized carbons (Fsp3) is 0. The average molecular weight is 725 g/mol. The molecule has 0 aliphatic carbocycles. The van der Waals surface area contributed by atoms with E-state index in [2.05, 4.69) is 191 Å². The summed E-state index contributed by atoms with van der Waals surface area (Å²) in [7, 11) is 0. The maximum absolute atomic E-state index is 6.21. The Hall–Kier alpha value is -7.62. The van der Waals surface area contributed by atoms with Crippen LogP contribution in [0.2, 0.25) is 0 Å². The van der Waals surface area contributed by atoms with Crippen molar-refractivity contribution in [1.82, 2.24) is 9.13 Å². The number of nitrogens with zero attached hydrogens (tertiary/aromatic N) is 2. The highest BCUT2D eigenvalue weighted by atomic mass is 16.3. The Morgan fingerprint density at radius 3 is 1.16 bits per heavy atom. The van der Waals surface area contributed by atoms with E-state index >= 15 is 0 Å². The minimum atomic E-state index is 0.909. The fourth-order valence-corrected chi connectivity index (χ4v) is 9.75. The minimum Gasteiger partial charge on any atom is -0.456 e. The predicted molar refractivity (Wildman–Crippen MR) is 240 cm³/mol. The molecule has 10 aromatic carbocycles. The maximum Gasteiger partial charge on any atom is 0.135 e. The Morgan fingerprint density at radius 1 is 0.246 bits per heavy atom. The summed E-state index contributed by atoms with van der Waals surface area (Å²) >= 11 is 0. The Bertz CT molecular complexity index is 3710. The summed E-state index contributed by atoms with van der Waals surface area (Å²) in [5.74, 6) is 0. The van der Waals surface area contributed by atoms with E-state index in [9.17, 15) is 0 Å². The third-order valence-electron chi connectivity index (χ3n) is 12.3. The van der Waals surface area contributed by atoms with Gasteiger partial charge in [0.25, 0.3) is 0 Å². The molecule has 0 saturated heterocycles. The molecule has 0 radical (unpaired) electrons. The van der Waals surface area contributed by atoms with Crippen LogP contribution < -0.4 is 0 Å². The number of benzene rings is 10. The Kier molecular flexibility index (Phi) is 6.16. The molecule has 3 heteroatoms. The molecule has 3 nitrogen and oxygen atoms in total. The van der Waals surface area contributed by atoms with Crippen molar-refractivity contribution in [1.29, 1.82) is 0 Å². The van der Waals surface area contributed by atoms with Crippen LogP contribution in [0.4, 0.5) is 0 Å². The van der Waals surface area contributed by atoms with Crippen LogP contribution in [0.5, 0.6) is 0 Å². The summed E-state index contributed by atoms with van der Waals surface area (Å²) in [6.45, 7) is 0. The van der Waals surface area contributed by atoms with E-state index < -0.39 is 0 Å². The van der Waals surface area contributed by atoms with E-state index in [1.165, 1.54) is 87.1 Å². The fourth-order valence-electron chi connectivity index (χ4n) is 9.75. The molecule has 13 aromatic rings. The van der Waals surface area contributed by atoms with Gasteiger partial charge in [-0.15, -0.1) is 0 Å². The average Bonchev–Trinajstić information content (AvgIpc) is 3.93. The number of rotatable bonds is 3. The van der Waals surface area contributed by atoms with Gasteiger partial charge in [-0.25, -0.2) is 0 Å². The first-order chi connectivity index (χ1) is 28.3. The maximum atomic E-state index is 6.21. The van der Waals surface area contributed by atoms with E-state index in [0.717, 1.165) is 33.3 Å². The van der Waals surface area contributed by atoms with Crippen molar-refractivity contribution in [3.63, 3.8) is 0 Å². The van der Waals surface area contributed by atoms with Crippen LogP contribution in [0.3, 0.4) is 0 Å². The van der Waals surface area contributed by atoms with E-state index in [0.29, 0.717) is 0 Å². The van der Waals surface area contributed by atoms with Crippen LogP contribution in [0, 0.1) is 0 Å². The standard InChI is InChI=1S/C54H32N2O/c1-6-16-49-40(11-1)41-12-2-7-17-50(41)55(49)35-23-26-38-37-25-21-33(34-22-28-54-48(30-34)44-15-5-10-20-53(44)57-54)29-45(37)47-32-36(24-27-39(47)46(38)31-35)56-51-18-8-3-13-42(51)43-14-4-9-19-52(43)56/h1-32H. The normalized spacial score (nSPS) is 12.2. The molecule has 264 valence electrons. The first kappa shape index (κ1) is 30.7. The summed E-state index contributed by atoms with van der Waals surface area (Å²) in [5, 5.41) is 14.8. The van der Waals surface area contributed by atoms with Crippen molar-refractivity contribution in [3.8, 4) is 22.5 Å². The van der Waals surface area contributed by atoms with Crippen LogP contribution in [0.25, 0.3) is 120 Å². The molecule has 0 bridgehead atoms. The van der Waals surface area contributed by atoms with Crippen molar-refractivity contribution in [3.05, 3.63) is 194 Å². The van der Waals surface area contributed by atoms with Gasteiger partial charge in [-0.1, -0.05) is 121 Å². The highest BCUT2D eigenvalue weighted by Gasteiger charge is 2.18. The Labute approximate surface area is 326 Å². The molecule has 0 saturated carbocycles. The zero-order valence-corrected chi connectivity index (χ0v) is 30.8. The molecule has 3 heterocycles. The summed E-state index contributed by atoms with van der Waals surface area (Å²) < 4.78 is 11.1. The van der Waals surface area contributed by atoms with Crippen molar-refractivity contribution in [2.45, 2.75) is 0 Å². The van der Waals surface area contributed by atoms with Crippen LogP contribution in [-0.4, -0.2) is 9.13 Å². The molecule has 0 amide bonds. The topological polar surface area (TPSA) is 23.0 Å². The van der Waals surface area contributed by atoms with Crippen molar-refractivity contribution < 1.29 is 4.42 Å². The highest BCUT2D eigenvalue weighted by molar-refractivity contribution is 6.27. The SMILES string of the molecule is c1ccc2c(c1)oc1ccc(-c3ccc4c5ccc(-n6c7ccccc7c7ccccc76)cc5c5ccc(-n6c7ccccc7c7ccccc76)cc5c4c3)cc12. The third kappa shape index (κ3) is 4.31. The van der Waals surface area contributed by atoms with Gasteiger partial charge in [-0.2, -0.15) is 0 Å². The number of hydrogen-bond acceptors (Lipinski definition) is 1. The highest BCUT2D eigenvalue weighted by Crippen LogP contribution is 2.42. The molecular formula is C54H32N2O. The smallest absolute Gasteiger partial charge is 0.135 e. The summed E-state index contributed by atoms with van der Waals surface area (Å²) in [6.07, 6.45) is 0. The van der Waals surface area contributed by atoms with Gasteiger partial charge in [-0.3, -0.25) is 0 Å². The van der Waals surface area contributed by atoms with E-state index in [-0.39, 0.29) is 0 Å². The zero-order chi connectivity index (χ0) is 37.2. The lowest BCUT2D eigenvalue weighted by Gasteiger charge is -2.16. The van der Waals surface area contributed by atoms with E-state index in [4.69, 9.17) is 4.42 Å². The minimum absolute atomic E-state index is 0.909. The van der Waals surface area contributed by atoms with Gasteiger partial charge in [0.05, 0.1) is 22.1 Å². The monoisotopic (exact) mass is 724 g/mol. The number of para-hydroxylation sites is 5. The van der Waals surface area contributed by atoms with Crippen LogP contribution in [0.15, 0.2) is 199 Å². The summed E-state index contributed by atoms with van der Waals surface area (Å²) in [4.78, 5) is 0. The Morgan fingerprint density at radius 2 is 0.614 bits per heavy atom. The second kappa shape index (κ2) is 11.5. The molecular weight excluding hydrogens is 693 g/mol. The molecule has 0 spiro atoms. The third-order valence-corrected chi connectivity index (χ3v) is 12.3. The Balaban J connectivity index is 1.11. The van der Waals surface area contributed by atoms with E-state index in [1.54, 1.807) is 0 Å². The van der Waals surface area contributed by atoms with Gasteiger partial charge in [-0.05, 0) is 116 Å². The molecule has 3 aromatic heterocycles. The van der Waals surface area contributed by atoms with Crippen LogP contribution >= 0.6 is 0 Å². The van der Waals surface area contributed by atoms with E-state index in [1.807, 2.05) is 12.1 Å². The first-order valence-corrected chi connectivity index (χ1v) is 19.6. The molecule has 0 unspecified atom stereocenters. The lowest BCUT2D eigenvalue weighted by Crippen LogP contribution is -1.96. The number of aromatic nitrogens is 2. The summed E-state index contributed by atoms with van der Waals surface area (Å²) in [5.41, 5.74) is 11.3. The largest absolute Gasteiger partial charge is 0.456 e. The van der Waals surface area contributed by atoms with Gasteiger partial charge in [0.2, 0.25) is 0 Å². The summed E-state index contributed by atoms with van der Waals surface area (Å²) in [6, 6.07) is 71.0. The molecule has 57 heavy (non-hydrogen) atoms. The van der Waals surface area contributed by atoms with Crippen molar-refractivity contribution in [2.75, 3.05) is 0 Å². The second-order valence-corrected chi connectivity index (χ2v) is 15.3. The number of furan rings is 1. The van der Waals surface area contributed by atoms with Gasteiger partial charge >= 0.3 is 0 Å². The lowest BCUT2D eigenvalue weighted by molar-refractivity contribution is 0.669. The predicted octanol–water partition coefficient (Wildman–Crippen LogP) is 14.9. The van der Waals surface area contributed by atoms with Gasteiger partial charge in [0.1, 0.15) is 11.2 Å². The number of hydrogen-bond donors (Lipinski definition) is 0. The van der Waals surface area contributed by atoms with Gasteiger partial charge < -0.3 is 13.6 Å². The van der Waals surface area contributed by atoms with Crippen molar-refractivity contribution in [2.24, 2.45) is 0 Å². The molecule has 0 atom stereocenters. The lowest BCUT2D eigenvalue weighted by atomic mass is 9.91. The zero-order valence-electron chi connectivity index (χ0n) is 30.8.